The molecule has 0 saturated carbocycles. The van der Waals surface area contributed by atoms with Crippen molar-refractivity contribution >= 4 is 34.1 Å². The minimum atomic E-state index is -0.321. The molecule has 0 fully saturated rings. The van der Waals surface area contributed by atoms with Crippen molar-refractivity contribution in [3.63, 3.8) is 0 Å². The van der Waals surface area contributed by atoms with Crippen LogP contribution in [0.15, 0.2) is 23.4 Å². The largest absolute Gasteiger partial charge is 0.454 e. The summed E-state index contributed by atoms with van der Waals surface area (Å²) in [6, 6.07) is 5.69. The molecule has 0 bridgehead atoms. The van der Waals surface area contributed by atoms with Gasteiger partial charge in [-0.2, -0.15) is 0 Å². The molecule has 11 heteroatoms. The molecule has 1 aliphatic heterocycles. The SMILES string of the molecule is CC[C@@H](Sc1nnc(-c2ccc3c(c2)OCO3)n1CC)C(=O)Nc1nnc(C)s1. The average molecular weight is 433 g/mol. The van der Waals surface area contributed by atoms with Gasteiger partial charge >= 0.3 is 0 Å². The van der Waals surface area contributed by atoms with E-state index in [0.717, 1.165) is 22.1 Å². The second-order valence-corrected chi connectivity index (χ2v) is 8.60. The van der Waals surface area contributed by atoms with Crippen LogP contribution in [0.3, 0.4) is 0 Å². The molecule has 0 radical (unpaired) electrons. The van der Waals surface area contributed by atoms with Crippen molar-refractivity contribution < 1.29 is 14.3 Å². The number of hydrogen-bond acceptors (Lipinski definition) is 9. The summed E-state index contributed by atoms with van der Waals surface area (Å²) in [5, 5.41) is 21.1. The van der Waals surface area contributed by atoms with E-state index in [4.69, 9.17) is 9.47 Å². The van der Waals surface area contributed by atoms with Gasteiger partial charge in [0.2, 0.25) is 17.8 Å². The molecule has 3 heterocycles. The Hall–Kier alpha value is -2.66. The smallest absolute Gasteiger partial charge is 0.239 e. The topological polar surface area (TPSA) is 104 Å². The van der Waals surface area contributed by atoms with Crippen LogP contribution in [0.4, 0.5) is 5.13 Å². The molecule has 0 saturated heterocycles. The Balaban J connectivity index is 1.54. The first-order valence-electron chi connectivity index (χ1n) is 9.19. The van der Waals surface area contributed by atoms with Gasteiger partial charge in [0.05, 0.1) is 5.25 Å². The molecule has 9 nitrogen and oxygen atoms in total. The molecule has 1 N–H and O–H groups in total. The lowest BCUT2D eigenvalue weighted by atomic mass is 10.2. The molecule has 29 heavy (non-hydrogen) atoms. The van der Waals surface area contributed by atoms with Crippen molar-refractivity contribution in [1.29, 1.82) is 0 Å². The van der Waals surface area contributed by atoms with Crippen LogP contribution in [0.2, 0.25) is 0 Å². The molecule has 1 aromatic carbocycles. The first-order valence-corrected chi connectivity index (χ1v) is 10.9. The van der Waals surface area contributed by atoms with Crippen LogP contribution in [0.5, 0.6) is 11.5 Å². The maximum atomic E-state index is 12.7. The van der Waals surface area contributed by atoms with Crippen LogP contribution in [0, 0.1) is 6.92 Å². The maximum Gasteiger partial charge on any atom is 0.239 e. The van der Waals surface area contributed by atoms with Gasteiger partial charge in [0.25, 0.3) is 0 Å². The zero-order valence-electron chi connectivity index (χ0n) is 16.2. The van der Waals surface area contributed by atoms with E-state index in [0.29, 0.717) is 29.0 Å². The number of aromatic nitrogens is 5. The lowest BCUT2D eigenvalue weighted by Gasteiger charge is -2.14. The fourth-order valence-electron chi connectivity index (χ4n) is 2.89. The number of carbonyl (C=O) groups excluding carboxylic acids is 1. The van der Waals surface area contributed by atoms with Crippen molar-refractivity contribution in [3.05, 3.63) is 23.2 Å². The number of aryl methyl sites for hydroxylation is 1. The lowest BCUT2D eigenvalue weighted by molar-refractivity contribution is -0.115. The summed E-state index contributed by atoms with van der Waals surface area (Å²) >= 11 is 2.74. The maximum absolute atomic E-state index is 12.7. The lowest BCUT2D eigenvalue weighted by Crippen LogP contribution is -2.25. The number of thioether (sulfide) groups is 1. The number of carbonyl (C=O) groups is 1. The highest BCUT2D eigenvalue weighted by molar-refractivity contribution is 8.00. The number of nitrogens with one attached hydrogen (secondary N) is 1. The molecule has 1 atom stereocenters. The third-order valence-electron chi connectivity index (χ3n) is 4.33. The average Bonchev–Trinajstić information content (AvgIpc) is 3.44. The van der Waals surface area contributed by atoms with Crippen LogP contribution in [0.1, 0.15) is 25.3 Å². The van der Waals surface area contributed by atoms with Gasteiger partial charge in [-0.15, -0.1) is 20.4 Å². The number of anilines is 1. The number of fused-ring (bicyclic) bond motifs is 1. The molecule has 1 aliphatic rings. The van der Waals surface area contributed by atoms with Gasteiger partial charge < -0.3 is 14.0 Å². The first-order chi connectivity index (χ1) is 14.1. The molecule has 2 aromatic heterocycles. The number of hydrogen-bond donors (Lipinski definition) is 1. The normalized spacial score (nSPS) is 13.5. The van der Waals surface area contributed by atoms with Gasteiger partial charge in [0.15, 0.2) is 22.5 Å². The van der Waals surface area contributed by atoms with E-state index in [1.807, 2.05) is 43.5 Å². The predicted molar refractivity (Wildman–Crippen MR) is 110 cm³/mol. The van der Waals surface area contributed by atoms with Gasteiger partial charge in [0, 0.05) is 12.1 Å². The van der Waals surface area contributed by atoms with Crippen molar-refractivity contribution in [2.45, 2.75) is 44.1 Å². The van der Waals surface area contributed by atoms with E-state index in [9.17, 15) is 4.79 Å². The third-order valence-corrected chi connectivity index (χ3v) is 6.43. The number of ether oxygens (including phenoxy) is 2. The van der Waals surface area contributed by atoms with Gasteiger partial charge in [-0.25, -0.2) is 0 Å². The quantitative estimate of drug-likeness (QED) is 0.567. The zero-order valence-corrected chi connectivity index (χ0v) is 17.8. The number of rotatable bonds is 7. The Morgan fingerprint density at radius 3 is 2.79 bits per heavy atom. The molecule has 152 valence electrons. The second kappa shape index (κ2) is 8.37. The Kier molecular flexibility index (Phi) is 5.67. The zero-order chi connectivity index (χ0) is 20.4. The van der Waals surface area contributed by atoms with Gasteiger partial charge in [0.1, 0.15) is 5.01 Å². The minimum absolute atomic E-state index is 0.121. The molecular formula is C18H20N6O3S2. The molecule has 0 aliphatic carbocycles. The van der Waals surface area contributed by atoms with Gasteiger partial charge in [-0.1, -0.05) is 30.0 Å². The summed E-state index contributed by atoms with van der Waals surface area (Å²) in [5.41, 5.74) is 0.886. The Labute approximate surface area is 175 Å². The summed E-state index contributed by atoms with van der Waals surface area (Å²) in [5.74, 6) is 2.02. The Morgan fingerprint density at radius 2 is 2.07 bits per heavy atom. The van der Waals surface area contributed by atoms with E-state index in [-0.39, 0.29) is 18.0 Å². The van der Waals surface area contributed by atoms with Crippen molar-refractivity contribution in [1.82, 2.24) is 25.0 Å². The summed E-state index contributed by atoms with van der Waals surface area (Å²) in [4.78, 5) is 12.7. The predicted octanol–water partition coefficient (Wildman–Crippen LogP) is 3.36. The van der Waals surface area contributed by atoms with Crippen LogP contribution < -0.4 is 14.8 Å². The summed E-state index contributed by atoms with van der Waals surface area (Å²) in [7, 11) is 0. The van der Waals surface area contributed by atoms with E-state index in [1.54, 1.807) is 0 Å². The highest BCUT2D eigenvalue weighted by Crippen LogP contribution is 2.36. The Bertz CT molecular complexity index is 1030. The third kappa shape index (κ3) is 4.06. The highest BCUT2D eigenvalue weighted by Gasteiger charge is 2.24. The van der Waals surface area contributed by atoms with E-state index < -0.39 is 0 Å². The van der Waals surface area contributed by atoms with Crippen LogP contribution in [0.25, 0.3) is 11.4 Å². The van der Waals surface area contributed by atoms with Crippen molar-refractivity contribution in [2.24, 2.45) is 0 Å². The second-order valence-electron chi connectivity index (χ2n) is 6.25. The molecule has 0 unspecified atom stereocenters. The summed E-state index contributed by atoms with van der Waals surface area (Å²) in [6.07, 6.45) is 0.643. The molecule has 4 rings (SSSR count). The molecule has 0 spiro atoms. The summed E-state index contributed by atoms with van der Waals surface area (Å²) < 4.78 is 12.8. The highest BCUT2D eigenvalue weighted by atomic mass is 32.2. The van der Waals surface area contributed by atoms with E-state index >= 15 is 0 Å². The van der Waals surface area contributed by atoms with E-state index in [1.165, 1.54) is 23.1 Å². The van der Waals surface area contributed by atoms with Crippen molar-refractivity contribution in [3.8, 4) is 22.9 Å². The monoisotopic (exact) mass is 432 g/mol. The number of benzene rings is 1. The van der Waals surface area contributed by atoms with Crippen LogP contribution in [-0.4, -0.2) is 42.9 Å². The summed E-state index contributed by atoms with van der Waals surface area (Å²) in [6.45, 7) is 6.73. The van der Waals surface area contributed by atoms with E-state index in [2.05, 4.69) is 25.7 Å². The van der Waals surface area contributed by atoms with Gasteiger partial charge in [-0.05, 0) is 38.5 Å². The molecule has 3 aromatic rings. The standard InChI is InChI=1S/C18H20N6O3S2/c1-4-14(16(25)19-17-22-20-10(3)28-17)29-18-23-21-15(24(18)5-2)11-6-7-12-13(8-11)27-9-26-12/h6-8,14H,4-5,9H2,1-3H3,(H,19,22,25)/t14-/m1/s1. The molecular weight excluding hydrogens is 412 g/mol. The fraction of sp³-hybridized carbons (Fsp3) is 0.389. The van der Waals surface area contributed by atoms with Crippen molar-refractivity contribution in [2.75, 3.05) is 12.1 Å². The number of nitrogens with zero attached hydrogens (tertiary/aromatic N) is 5. The van der Waals surface area contributed by atoms with Gasteiger partial charge in [-0.3, -0.25) is 10.1 Å². The minimum Gasteiger partial charge on any atom is -0.454 e. The number of amides is 1. The first kappa shape index (κ1) is 19.6. The Morgan fingerprint density at radius 1 is 1.24 bits per heavy atom. The fourth-order valence-corrected chi connectivity index (χ4v) is 4.51. The van der Waals surface area contributed by atoms with Crippen LogP contribution >= 0.6 is 23.1 Å². The molecule has 1 amide bonds. The van der Waals surface area contributed by atoms with Crippen LogP contribution in [-0.2, 0) is 11.3 Å².